The van der Waals surface area contributed by atoms with E-state index in [0.717, 1.165) is 10.6 Å². The Morgan fingerprint density at radius 3 is 2.81 bits per heavy atom. The smallest absolute Gasteiger partial charge is 0.265 e. The van der Waals surface area contributed by atoms with Gasteiger partial charge < -0.3 is 4.98 Å². The number of nitrogens with zero attached hydrogens (tertiary/aromatic N) is 2. The van der Waals surface area contributed by atoms with Gasteiger partial charge in [-0.3, -0.25) is 9.78 Å². The number of hydrogen-bond donors (Lipinski definition) is 1. The normalized spacial score (nSPS) is 11.0. The number of aromatic amines is 1. The van der Waals surface area contributed by atoms with Crippen LogP contribution in [0, 0.1) is 0 Å². The molecule has 2 rings (SSSR count). The van der Waals surface area contributed by atoms with E-state index in [2.05, 4.69) is 30.9 Å². The average Bonchev–Trinajstić information content (AvgIpc) is 2.74. The Kier molecular flexibility index (Phi) is 3.20. The average molecular weight is 300 g/mol. The second kappa shape index (κ2) is 4.47. The summed E-state index contributed by atoms with van der Waals surface area (Å²) in [7, 11) is 0. The standard InChI is InChI=1S/C10H10BrN3OS/c1-5(2)8-7(11)10(15)14-9(13-8)6-3-12-4-16-6/h3-5H,1-2H3,(H,13,14,15). The molecule has 1 N–H and O–H groups in total. The maximum absolute atomic E-state index is 11.7. The topological polar surface area (TPSA) is 58.6 Å². The first kappa shape index (κ1) is 11.5. The summed E-state index contributed by atoms with van der Waals surface area (Å²) in [5, 5.41) is 0. The van der Waals surface area contributed by atoms with Crippen molar-refractivity contribution in [1.29, 1.82) is 0 Å². The Morgan fingerprint density at radius 1 is 1.50 bits per heavy atom. The van der Waals surface area contributed by atoms with Gasteiger partial charge in [0.25, 0.3) is 5.56 Å². The monoisotopic (exact) mass is 299 g/mol. The molecule has 0 amide bonds. The van der Waals surface area contributed by atoms with Crippen molar-refractivity contribution in [2.75, 3.05) is 0 Å². The Morgan fingerprint density at radius 2 is 2.25 bits per heavy atom. The van der Waals surface area contributed by atoms with Gasteiger partial charge >= 0.3 is 0 Å². The van der Waals surface area contributed by atoms with Gasteiger partial charge in [0.15, 0.2) is 5.82 Å². The SMILES string of the molecule is CC(C)c1nc(-c2cncs2)[nH]c(=O)c1Br. The number of halogens is 1. The van der Waals surface area contributed by atoms with Crippen LogP contribution in [0.1, 0.15) is 25.5 Å². The molecule has 84 valence electrons. The van der Waals surface area contributed by atoms with Crippen LogP contribution in [0.3, 0.4) is 0 Å². The third-order valence-electron chi connectivity index (χ3n) is 2.10. The van der Waals surface area contributed by atoms with Crippen molar-refractivity contribution in [1.82, 2.24) is 15.0 Å². The molecule has 0 radical (unpaired) electrons. The molecule has 2 aromatic heterocycles. The first-order chi connectivity index (χ1) is 7.59. The molecule has 0 aliphatic rings. The van der Waals surface area contributed by atoms with Crippen LogP contribution in [0.2, 0.25) is 0 Å². The van der Waals surface area contributed by atoms with Crippen LogP contribution in [0.5, 0.6) is 0 Å². The van der Waals surface area contributed by atoms with Crippen molar-refractivity contribution in [3.63, 3.8) is 0 Å². The molecule has 2 aromatic rings. The van der Waals surface area contributed by atoms with Gasteiger partial charge in [0.2, 0.25) is 0 Å². The third kappa shape index (κ3) is 2.08. The molecule has 16 heavy (non-hydrogen) atoms. The van der Waals surface area contributed by atoms with Gasteiger partial charge in [-0.15, -0.1) is 11.3 Å². The second-order valence-electron chi connectivity index (χ2n) is 3.63. The molecule has 0 fully saturated rings. The minimum Gasteiger partial charge on any atom is -0.305 e. The Hall–Kier alpha value is -1.01. The highest BCUT2D eigenvalue weighted by atomic mass is 79.9. The van der Waals surface area contributed by atoms with Crippen molar-refractivity contribution in [2.24, 2.45) is 0 Å². The first-order valence-electron chi connectivity index (χ1n) is 4.78. The van der Waals surface area contributed by atoms with Crippen molar-refractivity contribution >= 4 is 27.3 Å². The maximum atomic E-state index is 11.7. The molecular formula is C10H10BrN3OS. The van der Waals surface area contributed by atoms with Crippen LogP contribution in [0.25, 0.3) is 10.7 Å². The molecular weight excluding hydrogens is 290 g/mol. The van der Waals surface area contributed by atoms with Crippen LogP contribution in [0.4, 0.5) is 0 Å². The molecule has 0 aromatic carbocycles. The summed E-state index contributed by atoms with van der Waals surface area (Å²) < 4.78 is 0.510. The van der Waals surface area contributed by atoms with Gasteiger partial charge in [0, 0.05) is 6.20 Å². The molecule has 0 aliphatic heterocycles. The summed E-state index contributed by atoms with van der Waals surface area (Å²) in [5.74, 6) is 0.780. The van der Waals surface area contributed by atoms with Crippen molar-refractivity contribution in [2.45, 2.75) is 19.8 Å². The van der Waals surface area contributed by atoms with Crippen LogP contribution in [-0.2, 0) is 0 Å². The summed E-state index contributed by atoms with van der Waals surface area (Å²) in [6.45, 7) is 4.01. The van der Waals surface area contributed by atoms with E-state index in [-0.39, 0.29) is 11.5 Å². The zero-order valence-electron chi connectivity index (χ0n) is 8.82. The molecule has 0 spiro atoms. The lowest BCUT2D eigenvalue weighted by Gasteiger charge is -2.07. The van der Waals surface area contributed by atoms with Crippen LogP contribution in [-0.4, -0.2) is 15.0 Å². The summed E-state index contributed by atoms with van der Waals surface area (Å²) in [6, 6.07) is 0. The molecule has 0 bridgehead atoms. The predicted octanol–water partition coefficient (Wildman–Crippen LogP) is 2.78. The van der Waals surface area contributed by atoms with Crippen LogP contribution in [0.15, 0.2) is 21.0 Å². The third-order valence-corrected chi connectivity index (χ3v) is 3.65. The number of hydrogen-bond acceptors (Lipinski definition) is 4. The highest BCUT2D eigenvalue weighted by Crippen LogP contribution is 2.23. The molecule has 6 heteroatoms. The van der Waals surface area contributed by atoms with Crippen molar-refractivity contribution < 1.29 is 0 Å². The van der Waals surface area contributed by atoms with E-state index in [9.17, 15) is 4.79 Å². The second-order valence-corrected chi connectivity index (χ2v) is 5.31. The number of rotatable bonds is 2. The number of aromatic nitrogens is 3. The van der Waals surface area contributed by atoms with Crippen molar-refractivity contribution in [3.8, 4) is 10.7 Å². The van der Waals surface area contributed by atoms with E-state index in [1.165, 1.54) is 11.3 Å². The van der Waals surface area contributed by atoms with E-state index in [1.54, 1.807) is 11.7 Å². The largest absolute Gasteiger partial charge is 0.305 e. The zero-order chi connectivity index (χ0) is 11.7. The zero-order valence-corrected chi connectivity index (χ0v) is 11.2. The predicted molar refractivity (Wildman–Crippen MR) is 67.8 cm³/mol. The van der Waals surface area contributed by atoms with Gasteiger partial charge in [0.05, 0.1) is 16.1 Å². The number of nitrogens with one attached hydrogen (secondary N) is 1. The summed E-state index contributed by atoms with van der Waals surface area (Å²) in [5.41, 5.74) is 2.33. The molecule has 0 atom stereocenters. The Bertz CT molecular complexity index is 548. The maximum Gasteiger partial charge on any atom is 0.265 e. The van der Waals surface area contributed by atoms with Gasteiger partial charge in [-0.1, -0.05) is 13.8 Å². The Labute approximate surface area is 105 Å². The quantitative estimate of drug-likeness (QED) is 0.927. The van der Waals surface area contributed by atoms with Gasteiger partial charge in [-0.25, -0.2) is 4.98 Å². The number of thiazole rings is 1. The van der Waals surface area contributed by atoms with Gasteiger partial charge in [-0.2, -0.15) is 0 Å². The highest BCUT2D eigenvalue weighted by molar-refractivity contribution is 9.10. The number of H-pyrrole nitrogens is 1. The van der Waals surface area contributed by atoms with E-state index in [0.29, 0.717) is 10.3 Å². The van der Waals surface area contributed by atoms with E-state index >= 15 is 0 Å². The van der Waals surface area contributed by atoms with E-state index < -0.39 is 0 Å². The van der Waals surface area contributed by atoms with Gasteiger partial charge in [0.1, 0.15) is 4.47 Å². The van der Waals surface area contributed by atoms with Crippen molar-refractivity contribution in [3.05, 3.63) is 32.2 Å². The minimum absolute atomic E-state index is 0.151. The van der Waals surface area contributed by atoms with E-state index in [1.807, 2.05) is 13.8 Å². The van der Waals surface area contributed by atoms with E-state index in [4.69, 9.17) is 0 Å². The molecule has 0 saturated heterocycles. The molecule has 0 aliphatic carbocycles. The first-order valence-corrected chi connectivity index (χ1v) is 6.45. The lowest BCUT2D eigenvalue weighted by atomic mass is 10.1. The fourth-order valence-electron chi connectivity index (χ4n) is 1.31. The summed E-state index contributed by atoms with van der Waals surface area (Å²) in [6.07, 6.45) is 1.70. The fraction of sp³-hybridized carbons (Fsp3) is 0.300. The summed E-state index contributed by atoms with van der Waals surface area (Å²) >= 11 is 4.71. The molecule has 4 nitrogen and oxygen atoms in total. The highest BCUT2D eigenvalue weighted by Gasteiger charge is 2.13. The fourth-order valence-corrected chi connectivity index (χ4v) is 2.52. The minimum atomic E-state index is -0.151. The lowest BCUT2D eigenvalue weighted by Crippen LogP contribution is -2.14. The lowest BCUT2D eigenvalue weighted by molar-refractivity contribution is 0.804. The summed E-state index contributed by atoms with van der Waals surface area (Å²) in [4.78, 5) is 23.7. The van der Waals surface area contributed by atoms with Crippen LogP contribution < -0.4 is 5.56 Å². The Balaban J connectivity index is 2.62. The molecule has 0 unspecified atom stereocenters. The van der Waals surface area contributed by atoms with Gasteiger partial charge in [-0.05, 0) is 21.8 Å². The van der Waals surface area contributed by atoms with Crippen LogP contribution >= 0.6 is 27.3 Å². The molecule has 2 heterocycles. The molecule has 0 saturated carbocycles.